The van der Waals surface area contributed by atoms with Crippen molar-refractivity contribution in [2.45, 2.75) is 38.3 Å². The number of hydrogen-bond donors (Lipinski definition) is 1. The number of methoxy groups -OCH3 is 1. The standard InChI is InChI=1S/C24H28N4O6/c1-33-19-9-6-17(7-10-19)21(26-12-2-3-13-26)16-25-23(29)5-4-14-27-20-11-8-18(28(31)32)15-22(20)34-24(27)30/h6-11,15,21H,2-5,12-14,16H2,1H3,(H,25,29). The van der Waals surface area contributed by atoms with E-state index in [1.54, 1.807) is 7.11 Å². The van der Waals surface area contributed by atoms with Gasteiger partial charge in [-0.3, -0.25) is 24.4 Å². The van der Waals surface area contributed by atoms with Crippen molar-refractivity contribution in [1.82, 2.24) is 14.8 Å². The highest BCUT2D eigenvalue weighted by molar-refractivity contribution is 5.76. The molecule has 1 fully saturated rings. The molecule has 1 amide bonds. The first-order valence-electron chi connectivity index (χ1n) is 11.4. The van der Waals surface area contributed by atoms with E-state index in [9.17, 15) is 19.7 Å². The van der Waals surface area contributed by atoms with Gasteiger partial charge in [0.15, 0.2) is 5.58 Å². The van der Waals surface area contributed by atoms with Gasteiger partial charge in [-0.2, -0.15) is 0 Å². The summed E-state index contributed by atoms with van der Waals surface area (Å²) >= 11 is 0. The summed E-state index contributed by atoms with van der Waals surface area (Å²) in [5, 5.41) is 14.0. The largest absolute Gasteiger partial charge is 0.497 e. The number of ether oxygens (including phenoxy) is 1. The number of nitro groups is 1. The molecule has 1 unspecified atom stereocenters. The predicted molar refractivity (Wildman–Crippen MR) is 126 cm³/mol. The molecule has 1 aliphatic heterocycles. The normalized spacial score (nSPS) is 14.9. The molecule has 2 aromatic carbocycles. The number of likely N-dealkylation sites (tertiary alicyclic amines) is 1. The molecule has 1 saturated heterocycles. The number of benzene rings is 2. The molecule has 1 atom stereocenters. The number of nitro benzene ring substituents is 1. The molecule has 0 radical (unpaired) electrons. The van der Waals surface area contributed by atoms with Crippen LogP contribution in [0.3, 0.4) is 0 Å². The fraction of sp³-hybridized carbons (Fsp3) is 0.417. The predicted octanol–water partition coefficient (Wildman–Crippen LogP) is 3.24. The number of rotatable bonds is 10. The van der Waals surface area contributed by atoms with Crippen molar-refractivity contribution in [3.05, 3.63) is 68.7 Å². The Kier molecular flexibility index (Phi) is 7.27. The molecule has 0 spiro atoms. The minimum absolute atomic E-state index is 0.0887. The second kappa shape index (κ2) is 10.5. The number of nitrogens with one attached hydrogen (secondary N) is 1. The van der Waals surface area contributed by atoms with E-state index in [4.69, 9.17) is 9.15 Å². The van der Waals surface area contributed by atoms with E-state index in [0.717, 1.165) is 37.2 Å². The lowest BCUT2D eigenvalue weighted by atomic mass is 10.1. The Hall–Kier alpha value is -3.66. The summed E-state index contributed by atoms with van der Waals surface area (Å²) < 4.78 is 11.8. The van der Waals surface area contributed by atoms with E-state index < -0.39 is 10.7 Å². The first-order valence-corrected chi connectivity index (χ1v) is 11.4. The molecular weight excluding hydrogens is 440 g/mol. The van der Waals surface area contributed by atoms with Crippen molar-refractivity contribution in [3.63, 3.8) is 0 Å². The topological polar surface area (TPSA) is 120 Å². The lowest BCUT2D eigenvalue weighted by Gasteiger charge is -2.28. The van der Waals surface area contributed by atoms with E-state index in [1.807, 2.05) is 24.3 Å². The number of aryl methyl sites for hydroxylation is 1. The van der Waals surface area contributed by atoms with E-state index >= 15 is 0 Å². The number of non-ortho nitro benzene ring substituents is 1. The van der Waals surface area contributed by atoms with E-state index in [2.05, 4.69) is 10.2 Å². The van der Waals surface area contributed by atoms with Crippen LogP contribution in [0, 0.1) is 10.1 Å². The number of fused-ring (bicyclic) bond motifs is 1. The molecule has 180 valence electrons. The highest BCUT2D eigenvalue weighted by Crippen LogP contribution is 2.26. The fourth-order valence-corrected chi connectivity index (χ4v) is 4.41. The minimum atomic E-state index is -0.593. The van der Waals surface area contributed by atoms with Gasteiger partial charge in [-0.15, -0.1) is 0 Å². The van der Waals surface area contributed by atoms with Gasteiger partial charge in [-0.25, -0.2) is 4.79 Å². The molecule has 10 heteroatoms. The average molecular weight is 469 g/mol. The van der Waals surface area contributed by atoms with Crippen LogP contribution in [0.4, 0.5) is 5.69 Å². The zero-order valence-corrected chi connectivity index (χ0v) is 19.1. The molecule has 4 rings (SSSR count). The molecule has 0 bridgehead atoms. The molecule has 1 aliphatic rings. The van der Waals surface area contributed by atoms with Gasteiger partial charge in [0.1, 0.15) is 5.75 Å². The zero-order valence-electron chi connectivity index (χ0n) is 19.1. The third-order valence-electron chi connectivity index (χ3n) is 6.22. The van der Waals surface area contributed by atoms with Gasteiger partial charge in [0.25, 0.3) is 5.69 Å². The monoisotopic (exact) mass is 468 g/mol. The molecule has 3 aromatic rings. The maximum Gasteiger partial charge on any atom is 0.419 e. The van der Waals surface area contributed by atoms with Crippen LogP contribution in [-0.2, 0) is 11.3 Å². The second-order valence-corrected chi connectivity index (χ2v) is 8.37. The van der Waals surface area contributed by atoms with Crippen LogP contribution in [0.25, 0.3) is 11.1 Å². The Bertz CT molecular complexity index is 1210. The van der Waals surface area contributed by atoms with Crippen molar-refractivity contribution < 1.29 is 18.9 Å². The van der Waals surface area contributed by atoms with Gasteiger partial charge < -0.3 is 14.5 Å². The van der Waals surface area contributed by atoms with Crippen LogP contribution < -0.4 is 15.8 Å². The number of nitrogens with zero attached hydrogens (tertiary/aromatic N) is 3. The number of carbonyl (C=O) groups is 1. The summed E-state index contributed by atoms with van der Waals surface area (Å²) in [7, 11) is 1.64. The zero-order chi connectivity index (χ0) is 24.1. The number of hydrogen-bond acceptors (Lipinski definition) is 7. The second-order valence-electron chi connectivity index (χ2n) is 8.37. The third kappa shape index (κ3) is 5.28. The van der Waals surface area contributed by atoms with Gasteiger partial charge in [0, 0.05) is 25.6 Å². The van der Waals surface area contributed by atoms with Crippen LogP contribution in [0.1, 0.15) is 37.3 Å². The van der Waals surface area contributed by atoms with Crippen molar-refractivity contribution in [3.8, 4) is 5.75 Å². The Labute approximate surface area is 196 Å². The molecule has 0 aliphatic carbocycles. The first-order chi connectivity index (χ1) is 16.5. The Balaban J connectivity index is 1.34. The van der Waals surface area contributed by atoms with Crippen LogP contribution in [0.5, 0.6) is 5.75 Å². The smallest absolute Gasteiger partial charge is 0.419 e. The van der Waals surface area contributed by atoms with Gasteiger partial charge in [-0.05, 0) is 56.1 Å². The molecule has 1 N–H and O–H groups in total. The van der Waals surface area contributed by atoms with Crippen molar-refractivity contribution in [1.29, 1.82) is 0 Å². The number of oxazole rings is 1. The molecule has 2 heterocycles. The molecule has 34 heavy (non-hydrogen) atoms. The van der Waals surface area contributed by atoms with E-state index in [-0.39, 0.29) is 36.2 Å². The van der Waals surface area contributed by atoms with Gasteiger partial charge in [0.2, 0.25) is 5.91 Å². The quantitative estimate of drug-likeness (QED) is 0.358. The lowest BCUT2D eigenvalue weighted by Crippen LogP contribution is -2.36. The average Bonchev–Trinajstić information content (AvgIpc) is 3.47. The Morgan fingerprint density at radius 1 is 1.21 bits per heavy atom. The summed E-state index contributed by atoms with van der Waals surface area (Å²) in [5.74, 6) is 0.114. The SMILES string of the molecule is COc1ccc(C(CNC(=O)CCCn2c(=O)oc3cc([N+](=O)[O-])ccc32)N2CCCC2)cc1. The van der Waals surface area contributed by atoms with E-state index in [1.165, 1.54) is 22.8 Å². The fourth-order valence-electron chi connectivity index (χ4n) is 4.41. The summed E-state index contributed by atoms with van der Waals surface area (Å²) in [6, 6.07) is 12.1. The Morgan fingerprint density at radius 3 is 2.62 bits per heavy atom. The van der Waals surface area contributed by atoms with Crippen molar-refractivity contribution >= 4 is 22.7 Å². The van der Waals surface area contributed by atoms with Crippen LogP contribution in [0.15, 0.2) is 51.7 Å². The number of aromatic nitrogens is 1. The third-order valence-corrected chi connectivity index (χ3v) is 6.22. The number of carbonyl (C=O) groups excluding carboxylic acids is 1. The van der Waals surface area contributed by atoms with E-state index in [0.29, 0.717) is 18.5 Å². The van der Waals surface area contributed by atoms with Gasteiger partial charge in [-0.1, -0.05) is 12.1 Å². The van der Waals surface area contributed by atoms with Crippen LogP contribution >= 0.6 is 0 Å². The highest BCUT2D eigenvalue weighted by atomic mass is 16.6. The van der Waals surface area contributed by atoms with Gasteiger partial charge >= 0.3 is 5.76 Å². The lowest BCUT2D eigenvalue weighted by molar-refractivity contribution is -0.384. The van der Waals surface area contributed by atoms with Crippen LogP contribution in [0.2, 0.25) is 0 Å². The summed E-state index contributed by atoms with van der Waals surface area (Å²) in [5.41, 5.74) is 1.63. The molecule has 0 saturated carbocycles. The molecular formula is C24H28N4O6. The van der Waals surface area contributed by atoms with Crippen LogP contribution in [-0.4, -0.2) is 47.0 Å². The maximum absolute atomic E-state index is 12.6. The maximum atomic E-state index is 12.6. The van der Waals surface area contributed by atoms with Crippen molar-refractivity contribution in [2.75, 3.05) is 26.7 Å². The molecule has 10 nitrogen and oxygen atoms in total. The summed E-state index contributed by atoms with van der Waals surface area (Å²) in [4.78, 5) is 37.5. The van der Waals surface area contributed by atoms with Gasteiger partial charge in [0.05, 0.1) is 29.7 Å². The Morgan fingerprint density at radius 2 is 1.94 bits per heavy atom. The first kappa shape index (κ1) is 23.5. The molecule has 1 aromatic heterocycles. The summed E-state index contributed by atoms with van der Waals surface area (Å²) in [6.45, 7) is 2.79. The minimum Gasteiger partial charge on any atom is -0.497 e. The van der Waals surface area contributed by atoms with Crippen molar-refractivity contribution in [2.24, 2.45) is 0 Å². The summed E-state index contributed by atoms with van der Waals surface area (Å²) in [6.07, 6.45) is 2.99. The highest BCUT2D eigenvalue weighted by Gasteiger charge is 2.24. The number of amides is 1.